The van der Waals surface area contributed by atoms with Crippen molar-refractivity contribution < 1.29 is 19.4 Å². The van der Waals surface area contributed by atoms with Crippen LogP contribution in [0.1, 0.15) is 55.0 Å². The minimum absolute atomic E-state index is 0.146. The van der Waals surface area contributed by atoms with Crippen LogP contribution in [0.3, 0.4) is 0 Å². The fourth-order valence-electron chi connectivity index (χ4n) is 2.38. The van der Waals surface area contributed by atoms with Crippen LogP contribution < -0.4 is 0 Å². The Morgan fingerprint density at radius 2 is 2.20 bits per heavy atom. The highest BCUT2D eigenvalue weighted by atomic mass is 16.3. The molecule has 0 radical (unpaired) electrons. The molecular formula is C15H23NO4. The van der Waals surface area contributed by atoms with Gasteiger partial charge < -0.3 is 19.5 Å². The minimum Gasteiger partial charge on any atom is -0.465 e. The number of nitrogens with zero attached hydrogens (tertiary/aromatic N) is 1. The first kappa shape index (κ1) is 15.1. The van der Waals surface area contributed by atoms with E-state index in [2.05, 4.69) is 0 Å². The monoisotopic (exact) mass is 281 g/mol. The van der Waals surface area contributed by atoms with E-state index >= 15 is 0 Å². The number of aliphatic hydroxyl groups is 2. The molecule has 1 amide bonds. The van der Waals surface area contributed by atoms with Crippen molar-refractivity contribution in [2.45, 2.75) is 51.7 Å². The number of rotatable bonds is 2. The van der Waals surface area contributed by atoms with Gasteiger partial charge in [-0.1, -0.05) is 13.8 Å². The molecule has 0 spiro atoms. The highest BCUT2D eigenvalue weighted by Crippen LogP contribution is 2.26. The zero-order valence-electron chi connectivity index (χ0n) is 12.5. The third kappa shape index (κ3) is 2.74. The lowest BCUT2D eigenvalue weighted by Gasteiger charge is -2.39. The molecule has 2 rings (SSSR count). The predicted octanol–water partition coefficient (Wildman–Crippen LogP) is 1.67. The zero-order chi connectivity index (χ0) is 15.1. The number of hydrogen-bond acceptors (Lipinski definition) is 4. The molecule has 0 saturated carbocycles. The SMILES string of the molecule is Cc1oc(C(C)C)cc1C(=O)N1CC[C@](C)(O)[C@@H](O)C1. The van der Waals surface area contributed by atoms with Gasteiger partial charge in [-0.05, 0) is 26.3 Å². The molecular weight excluding hydrogens is 258 g/mol. The second-order valence-corrected chi connectivity index (χ2v) is 6.15. The zero-order valence-corrected chi connectivity index (χ0v) is 12.5. The Morgan fingerprint density at radius 3 is 2.70 bits per heavy atom. The third-order valence-corrected chi connectivity index (χ3v) is 4.02. The quantitative estimate of drug-likeness (QED) is 0.865. The van der Waals surface area contributed by atoms with Gasteiger partial charge in [-0.25, -0.2) is 0 Å². The second kappa shape index (κ2) is 5.22. The molecule has 1 aromatic rings. The number of β-amino-alcohol motifs (C(OH)–C–C–N with tert-alkyl or cyclic N) is 1. The van der Waals surface area contributed by atoms with Gasteiger partial charge in [0.2, 0.25) is 0 Å². The molecule has 0 unspecified atom stereocenters. The summed E-state index contributed by atoms with van der Waals surface area (Å²) in [7, 11) is 0. The van der Waals surface area contributed by atoms with Crippen LogP contribution >= 0.6 is 0 Å². The summed E-state index contributed by atoms with van der Waals surface area (Å²) in [6, 6.07) is 1.78. The van der Waals surface area contributed by atoms with E-state index in [1.807, 2.05) is 13.8 Å². The van der Waals surface area contributed by atoms with E-state index in [1.165, 1.54) is 0 Å². The Labute approximate surface area is 119 Å². The van der Waals surface area contributed by atoms with E-state index in [0.29, 0.717) is 24.3 Å². The highest BCUT2D eigenvalue weighted by molar-refractivity contribution is 5.95. The van der Waals surface area contributed by atoms with Crippen LogP contribution in [0.5, 0.6) is 0 Å². The van der Waals surface area contributed by atoms with Gasteiger partial charge in [0, 0.05) is 19.0 Å². The van der Waals surface area contributed by atoms with Crippen LogP contribution in [-0.4, -0.2) is 45.8 Å². The van der Waals surface area contributed by atoms with Gasteiger partial charge in [0.15, 0.2) is 0 Å². The largest absolute Gasteiger partial charge is 0.465 e. The van der Waals surface area contributed by atoms with E-state index in [1.54, 1.807) is 24.8 Å². The highest BCUT2D eigenvalue weighted by Gasteiger charge is 2.38. The first-order chi connectivity index (χ1) is 9.22. The molecule has 1 saturated heterocycles. The maximum absolute atomic E-state index is 12.5. The normalized spacial score (nSPS) is 27.1. The number of carbonyl (C=O) groups excluding carboxylic acids is 1. The molecule has 2 atom stereocenters. The van der Waals surface area contributed by atoms with Crippen molar-refractivity contribution in [1.29, 1.82) is 0 Å². The Hall–Kier alpha value is -1.33. The van der Waals surface area contributed by atoms with Crippen molar-refractivity contribution in [1.82, 2.24) is 4.90 Å². The fourth-order valence-corrected chi connectivity index (χ4v) is 2.38. The van der Waals surface area contributed by atoms with Crippen LogP contribution in [0.25, 0.3) is 0 Å². The lowest BCUT2D eigenvalue weighted by Crippen LogP contribution is -2.55. The van der Waals surface area contributed by atoms with Gasteiger partial charge in [0.1, 0.15) is 11.5 Å². The van der Waals surface area contributed by atoms with E-state index in [9.17, 15) is 15.0 Å². The Kier molecular flexibility index (Phi) is 3.93. The van der Waals surface area contributed by atoms with Crippen molar-refractivity contribution in [2.75, 3.05) is 13.1 Å². The number of carbonyl (C=O) groups is 1. The van der Waals surface area contributed by atoms with Crippen LogP contribution in [0, 0.1) is 6.92 Å². The van der Waals surface area contributed by atoms with Crippen molar-refractivity contribution >= 4 is 5.91 Å². The Balaban J connectivity index is 2.16. The lowest BCUT2D eigenvalue weighted by molar-refractivity contribution is -0.0999. The molecule has 1 fully saturated rings. The Morgan fingerprint density at radius 1 is 1.55 bits per heavy atom. The standard InChI is InChI=1S/C15H23NO4/c1-9(2)12-7-11(10(3)20-12)14(18)16-6-5-15(4,19)13(17)8-16/h7,9,13,17,19H,5-6,8H2,1-4H3/t13-,15-/m0/s1. The van der Waals surface area contributed by atoms with Crippen molar-refractivity contribution in [3.05, 3.63) is 23.2 Å². The number of aryl methyl sites for hydroxylation is 1. The van der Waals surface area contributed by atoms with Crippen LogP contribution in [0.2, 0.25) is 0 Å². The van der Waals surface area contributed by atoms with E-state index in [0.717, 1.165) is 5.76 Å². The number of piperidine rings is 1. The number of amides is 1. The average Bonchev–Trinajstić information content (AvgIpc) is 2.74. The summed E-state index contributed by atoms with van der Waals surface area (Å²) >= 11 is 0. The third-order valence-electron chi connectivity index (χ3n) is 4.02. The van der Waals surface area contributed by atoms with Crippen LogP contribution in [-0.2, 0) is 0 Å². The number of likely N-dealkylation sites (tertiary alicyclic amines) is 1. The van der Waals surface area contributed by atoms with Crippen LogP contribution in [0.15, 0.2) is 10.5 Å². The fraction of sp³-hybridized carbons (Fsp3) is 0.667. The van der Waals surface area contributed by atoms with Crippen LogP contribution in [0.4, 0.5) is 0 Å². The number of hydrogen-bond donors (Lipinski definition) is 2. The molecule has 1 aliphatic rings. The van der Waals surface area contributed by atoms with Gasteiger partial charge in [0.25, 0.3) is 5.91 Å². The van der Waals surface area contributed by atoms with Crippen molar-refractivity contribution in [2.24, 2.45) is 0 Å². The second-order valence-electron chi connectivity index (χ2n) is 6.15. The molecule has 0 aliphatic carbocycles. The predicted molar refractivity (Wildman–Crippen MR) is 74.7 cm³/mol. The number of furan rings is 1. The molecule has 20 heavy (non-hydrogen) atoms. The summed E-state index contributed by atoms with van der Waals surface area (Å²) in [4.78, 5) is 14.1. The molecule has 1 aliphatic heterocycles. The van der Waals surface area contributed by atoms with Gasteiger partial charge in [-0.15, -0.1) is 0 Å². The van der Waals surface area contributed by atoms with Gasteiger partial charge in [0.05, 0.1) is 17.3 Å². The lowest BCUT2D eigenvalue weighted by atomic mass is 9.90. The van der Waals surface area contributed by atoms with E-state index in [-0.39, 0.29) is 18.4 Å². The minimum atomic E-state index is -1.12. The summed E-state index contributed by atoms with van der Waals surface area (Å²) in [6.07, 6.45) is -0.551. The number of aliphatic hydroxyl groups excluding tert-OH is 1. The first-order valence-electron chi connectivity index (χ1n) is 7.02. The first-order valence-corrected chi connectivity index (χ1v) is 7.02. The average molecular weight is 281 g/mol. The van der Waals surface area contributed by atoms with Crippen molar-refractivity contribution in [3.63, 3.8) is 0 Å². The molecule has 2 N–H and O–H groups in total. The maximum Gasteiger partial charge on any atom is 0.257 e. The van der Waals surface area contributed by atoms with Gasteiger partial charge >= 0.3 is 0 Å². The Bertz CT molecular complexity index is 504. The van der Waals surface area contributed by atoms with E-state index in [4.69, 9.17) is 4.42 Å². The molecule has 1 aromatic heterocycles. The van der Waals surface area contributed by atoms with Gasteiger partial charge in [-0.3, -0.25) is 4.79 Å². The maximum atomic E-state index is 12.5. The summed E-state index contributed by atoms with van der Waals surface area (Å²) in [5, 5.41) is 19.8. The topological polar surface area (TPSA) is 73.9 Å². The molecule has 0 aromatic carbocycles. The summed E-state index contributed by atoms with van der Waals surface area (Å²) in [5.74, 6) is 1.47. The molecule has 5 heteroatoms. The summed E-state index contributed by atoms with van der Waals surface area (Å²) in [6.45, 7) is 7.97. The van der Waals surface area contributed by atoms with Crippen molar-refractivity contribution in [3.8, 4) is 0 Å². The molecule has 112 valence electrons. The molecule has 5 nitrogen and oxygen atoms in total. The van der Waals surface area contributed by atoms with E-state index < -0.39 is 11.7 Å². The van der Waals surface area contributed by atoms with Gasteiger partial charge in [-0.2, -0.15) is 0 Å². The summed E-state index contributed by atoms with van der Waals surface area (Å²) in [5.41, 5.74) is -0.576. The molecule has 0 bridgehead atoms. The smallest absolute Gasteiger partial charge is 0.257 e. The molecule has 2 heterocycles. The summed E-state index contributed by atoms with van der Waals surface area (Å²) < 4.78 is 5.60.